The number of carboxylic acids is 4. The average Bonchev–Trinajstić information content (AvgIpc) is 2.68. The minimum Gasteiger partial charge on any atom is -0.481 e. The molecule has 178 valence electrons. The molecule has 2 aromatic rings. The number of carbonyl (C=O) groups excluding carboxylic acids is 1. The van der Waals surface area contributed by atoms with Gasteiger partial charge in [0.05, 0.1) is 5.25 Å². The largest absolute Gasteiger partial charge is 0.481 e. The number of amides is 1. The first-order chi connectivity index (χ1) is 15.4. The number of carboxylic acid groups (broad SMARTS) is 4. The quantitative estimate of drug-likeness (QED) is 0.322. The molecule has 1 atom stereocenters. The van der Waals surface area contributed by atoms with Gasteiger partial charge in [-0.2, -0.15) is 0 Å². The Morgan fingerprint density at radius 2 is 0.970 bits per heavy atom. The first-order valence-corrected chi connectivity index (χ1v) is 10.4. The Balaban J connectivity index is 0.000000605. The van der Waals surface area contributed by atoms with Crippen LogP contribution in [0.15, 0.2) is 60.7 Å². The maximum Gasteiger partial charge on any atom is 0.314 e. The van der Waals surface area contributed by atoms with E-state index < -0.39 is 53.4 Å². The molecular formula is C21H23NO10S. The minimum absolute atomic E-state index is 0.131. The molecule has 6 N–H and O–H groups in total. The van der Waals surface area contributed by atoms with Gasteiger partial charge in [-0.3, -0.25) is 28.2 Å². The van der Waals surface area contributed by atoms with Crippen molar-refractivity contribution in [2.24, 2.45) is 5.73 Å². The summed E-state index contributed by atoms with van der Waals surface area (Å²) in [5.74, 6) is -5.93. The van der Waals surface area contributed by atoms with Gasteiger partial charge in [-0.05, 0) is 11.1 Å². The van der Waals surface area contributed by atoms with Crippen LogP contribution >= 0.6 is 0 Å². The first kappa shape index (κ1) is 28.9. The molecule has 0 heterocycles. The SMILES string of the molecule is NC(=O)CS(=O)C(c1ccccc1)c1ccccc1.O=C(O)CC(=O)O.O=C(O)CC(=O)O. The van der Waals surface area contributed by atoms with Gasteiger partial charge in [-0.25, -0.2) is 0 Å². The molecule has 12 heteroatoms. The van der Waals surface area contributed by atoms with E-state index >= 15 is 0 Å². The van der Waals surface area contributed by atoms with Crippen LogP contribution in [-0.2, 0) is 34.8 Å². The zero-order chi connectivity index (χ0) is 25.4. The second kappa shape index (κ2) is 15.7. The monoisotopic (exact) mass is 481 g/mol. The topological polar surface area (TPSA) is 209 Å². The smallest absolute Gasteiger partial charge is 0.314 e. The predicted molar refractivity (Wildman–Crippen MR) is 117 cm³/mol. The number of aliphatic carboxylic acids is 4. The molecule has 2 aromatic carbocycles. The molecule has 0 radical (unpaired) electrons. The number of nitrogens with two attached hydrogens (primary N) is 1. The van der Waals surface area contributed by atoms with Gasteiger partial charge in [-0.1, -0.05) is 60.7 Å². The number of benzene rings is 2. The van der Waals surface area contributed by atoms with Gasteiger partial charge in [-0.15, -0.1) is 0 Å². The highest BCUT2D eigenvalue weighted by molar-refractivity contribution is 7.86. The van der Waals surface area contributed by atoms with Crippen molar-refractivity contribution in [2.45, 2.75) is 18.1 Å². The standard InChI is InChI=1S/C15H15NO2S.2C3H4O4/c16-14(17)11-19(18)15(12-7-3-1-4-8-12)13-9-5-2-6-10-13;2*4-2(5)1-3(6)7/h1-10,15H,11H2,(H2,16,17);2*1H2,(H,4,5)(H,6,7). The second-order valence-electron chi connectivity index (χ2n) is 6.12. The van der Waals surface area contributed by atoms with E-state index in [0.717, 1.165) is 11.1 Å². The lowest BCUT2D eigenvalue weighted by Crippen LogP contribution is -2.23. The van der Waals surface area contributed by atoms with Crippen LogP contribution in [0.25, 0.3) is 0 Å². The summed E-state index contributed by atoms with van der Waals surface area (Å²) in [5, 5.41) is 30.5. The third kappa shape index (κ3) is 14.6. The summed E-state index contributed by atoms with van der Waals surface area (Å²) in [7, 11) is -1.36. The molecule has 0 aromatic heterocycles. The number of hydrogen-bond acceptors (Lipinski definition) is 6. The molecule has 1 unspecified atom stereocenters. The average molecular weight is 481 g/mol. The fourth-order valence-corrected chi connectivity index (χ4v) is 3.60. The van der Waals surface area contributed by atoms with E-state index in [-0.39, 0.29) is 11.0 Å². The summed E-state index contributed by atoms with van der Waals surface area (Å²) >= 11 is 0. The lowest BCUT2D eigenvalue weighted by atomic mass is 10.0. The molecule has 0 saturated carbocycles. The van der Waals surface area contributed by atoms with Crippen LogP contribution in [0, 0.1) is 0 Å². The molecule has 0 bridgehead atoms. The van der Waals surface area contributed by atoms with E-state index in [0.29, 0.717) is 0 Å². The minimum atomic E-state index is -1.36. The Morgan fingerprint density at radius 1 is 0.667 bits per heavy atom. The van der Waals surface area contributed by atoms with Gasteiger partial charge in [0.25, 0.3) is 0 Å². The Labute approximate surface area is 190 Å². The zero-order valence-corrected chi connectivity index (χ0v) is 18.0. The zero-order valence-electron chi connectivity index (χ0n) is 17.2. The van der Waals surface area contributed by atoms with Crippen LogP contribution in [0.2, 0.25) is 0 Å². The Hall–Kier alpha value is -4.06. The highest BCUT2D eigenvalue weighted by Gasteiger charge is 2.22. The van der Waals surface area contributed by atoms with E-state index in [2.05, 4.69) is 0 Å². The van der Waals surface area contributed by atoms with Gasteiger partial charge in [0, 0.05) is 10.8 Å². The maximum absolute atomic E-state index is 12.4. The van der Waals surface area contributed by atoms with Crippen molar-refractivity contribution >= 4 is 40.6 Å². The Bertz CT molecular complexity index is 874. The van der Waals surface area contributed by atoms with E-state index in [1.807, 2.05) is 60.7 Å². The summed E-state index contributed by atoms with van der Waals surface area (Å²) in [4.78, 5) is 48.7. The van der Waals surface area contributed by atoms with Crippen LogP contribution in [0.3, 0.4) is 0 Å². The van der Waals surface area contributed by atoms with E-state index in [9.17, 15) is 28.2 Å². The summed E-state index contributed by atoms with van der Waals surface area (Å²) in [6.07, 6.45) is -1.61. The van der Waals surface area contributed by atoms with Crippen LogP contribution in [0.5, 0.6) is 0 Å². The number of carbonyl (C=O) groups is 5. The third-order valence-electron chi connectivity index (χ3n) is 3.36. The lowest BCUT2D eigenvalue weighted by molar-refractivity contribution is -0.149. The highest BCUT2D eigenvalue weighted by atomic mass is 32.2. The Kier molecular flexibility index (Phi) is 13.8. The van der Waals surface area contributed by atoms with Gasteiger partial charge < -0.3 is 26.2 Å². The van der Waals surface area contributed by atoms with Crippen molar-refractivity contribution in [3.63, 3.8) is 0 Å². The fraction of sp³-hybridized carbons (Fsp3) is 0.190. The summed E-state index contributed by atoms with van der Waals surface area (Å²) in [6, 6.07) is 19.0. The molecule has 1 amide bonds. The second-order valence-corrected chi connectivity index (χ2v) is 7.64. The lowest BCUT2D eigenvalue weighted by Gasteiger charge is -2.16. The highest BCUT2D eigenvalue weighted by Crippen LogP contribution is 2.28. The van der Waals surface area contributed by atoms with Crippen molar-refractivity contribution in [1.29, 1.82) is 0 Å². The van der Waals surface area contributed by atoms with Gasteiger partial charge in [0.1, 0.15) is 18.6 Å². The van der Waals surface area contributed by atoms with E-state index in [1.54, 1.807) is 0 Å². The van der Waals surface area contributed by atoms with Crippen LogP contribution in [0.1, 0.15) is 29.2 Å². The van der Waals surface area contributed by atoms with Crippen molar-refractivity contribution in [1.82, 2.24) is 0 Å². The first-order valence-electron chi connectivity index (χ1n) is 9.06. The van der Waals surface area contributed by atoms with Crippen LogP contribution in [0.4, 0.5) is 0 Å². The molecule has 11 nitrogen and oxygen atoms in total. The summed E-state index contributed by atoms with van der Waals surface area (Å²) in [6.45, 7) is 0. The summed E-state index contributed by atoms with van der Waals surface area (Å²) in [5.41, 5.74) is 7.00. The van der Waals surface area contributed by atoms with Gasteiger partial charge in [0.2, 0.25) is 5.91 Å². The number of primary amides is 1. The van der Waals surface area contributed by atoms with Crippen molar-refractivity contribution in [2.75, 3.05) is 5.75 Å². The van der Waals surface area contributed by atoms with Gasteiger partial charge in [0.15, 0.2) is 0 Å². The molecule has 0 saturated heterocycles. The van der Waals surface area contributed by atoms with Crippen molar-refractivity contribution < 1.29 is 48.6 Å². The molecule has 2 rings (SSSR count). The molecule has 0 spiro atoms. The predicted octanol–water partition coefficient (Wildman–Crippen LogP) is 1.10. The molecule has 0 aliphatic heterocycles. The number of hydrogen-bond donors (Lipinski definition) is 5. The summed E-state index contributed by atoms with van der Waals surface area (Å²) < 4.78 is 12.4. The third-order valence-corrected chi connectivity index (χ3v) is 5.00. The van der Waals surface area contributed by atoms with Crippen LogP contribution in [-0.4, -0.2) is 60.2 Å². The number of rotatable bonds is 9. The fourth-order valence-electron chi connectivity index (χ4n) is 2.23. The molecule has 33 heavy (non-hydrogen) atoms. The Morgan fingerprint density at radius 3 is 1.18 bits per heavy atom. The van der Waals surface area contributed by atoms with Crippen molar-refractivity contribution in [3.05, 3.63) is 71.8 Å². The van der Waals surface area contributed by atoms with E-state index in [1.165, 1.54) is 0 Å². The maximum atomic E-state index is 12.4. The molecule has 0 aliphatic rings. The molecule has 0 fully saturated rings. The van der Waals surface area contributed by atoms with E-state index in [4.69, 9.17) is 26.2 Å². The van der Waals surface area contributed by atoms with Gasteiger partial charge >= 0.3 is 23.9 Å². The molecule has 0 aliphatic carbocycles. The molecular weight excluding hydrogens is 458 g/mol. The van der Waals surface area contributed by atoms with Crippen molar-refractivity contribution in [3.8, 4) is 0 Å². The normalized spacial score (nSPS) is 10.5. The van der Waals surface area contributed by atoms with Crippen LogP contribution < -0.4 is 5.73 Å².